The van der Waals surface area contributed by atoms with Gasteiger partial charge in [-0.05, 0) is 25.7 Å². The number of hydrogen-bond donors (Lipinski definition) is 0. The molecule has 1 aliphatic carbocycles. The monoisotopic (exact) mass is 205 g/mol. The minimum Gasteiger partial charge on any atom is -0.237 e. The molecule has 2 radical (unpaired) electrons. The van der Waals surface area contributed by atoms with E-state index < -0.39 is 11.2 Å². The topological polar surface area (TPSA) is 12.9 Å². The van der Waals surface area contributed by atoms with E-state index in [0.717, 1.165) is 22.6 Å². The molecule has 0 saturated carbocycles. The van der Waals surface area contributed by atoms with Gasteiger partial charge in [-0.3, -0.25) is 0 Å². The highest BCUT2D eigenvalue weighted by atomic mass is 32.1. The van der Waals surface area contributed by atoms with Crippen LogP contribution < -0.4 is 0 Å². The smallest absolute Gasteiger partial charge is 0.237 e. The van der Waals surface area contributed by atoms with Gasteiger partial charge < -0.3 is 0 Å². The summed E-state index contributed by atoms with van der Waals surface area (Å²) in [7, 11) is 0. The first kappa shape index (κ1) is 8.99. The molecule has 0 unspecified atom stereocenters. The third kappa shape index (κ3) is 1.70. The number of rotatable bonds is 0. The number of halogens is 3. The molecule has 0 aromatic carbocycles. The summed E-state index contributed by atoms with van der Waals surface area (Å²) < 4.78 is 36.6. The van der Waals surface area contributed by atoms with Crippen molar-refractivity contribution < 1.29 is 13.2 Å². The van der Waals surface area contributed by atoms with E-state index in [4.69, 9.17) is 0 Å². The van der Waals surface area contributed by atoms with Gasteiger partial charge in [0.1, 0.15) is 0 Å². The SMILES string of the molecule is FC(F)(F)c1nc2c(s1)CC[C]C2. The summed E-state index contributed by atoms with van der Waals surface area (Å²) in [4.78, 5) is 4.32. The second-order valence-electron chi connectivity index (χ2n) is 2.81. The molecule has 5 heteroatoms. The third-order valence-corrected chi connectivity index (χ3v) is 3.04. The molecule has 0 spiro atoms. The Morgan fingerprint density at radius 2 is 2.15 bits per heavy atom. The minimum absolute atomic E-state index is 0.460. The van der Waals surface area contributed by atoms with Gasteiger partial charge in [0.05, 0.1) is 5.69 Å². The standard InChI is InChI=1S/C8H6F3NS/c9-8(10,11)7-12-5-3-1-2-4-6(5)13-7/h2-4H2. The molecule has 70 valence electrons. The molecule has 0 amide bonds. The lowest BCUT2D eigenvalue weighted by molar-refractivity contribution is -0.137. The molecule has 1 heterocycles. The summed E-state index contributed by atoms with van der Waals surface area (Å²) in [6.45, 7) is 0. The molecule has 1 aromatic rings. The Hall–Kier alpha value is -0.580. The largest absolute Gasteiger partial charge is 0.443 e. The van der Waals surface area contributed by atoms with Crippen LogP contribution in [0.2, 0.25) is 0 Å². The molecule has 0 bridgehead atoms. The number of thiazole rings is 1. The van der Waals surface area contributed by atoms with Crippen molar-refractivity contribution in [2.75, 3.05) is 0 Å². The maximum absolute atomic E-state index is 12.2. The number of aromatic nitrogens is 1. The quantitative estimate of drug-likeness (QED) is 0.634. The van der Waals surface area contributed by atoms with Gasteiger partial charge in [-0.1, -0.05) is 0 Å². The Kier molecular flexibility index (Phi) is 2.06. The summed E-state index contributed by atoms with van der Waals surface area (Å²) in [6.07, 6.45) is 0.551. The lowest BCUT2D eigenvalue weighted by atomic mass is 10.0. The van der Waals surface area contributed by atoms with Crippen LogP contribution in [0.25, 0.3) is 0 Å². The van der Waals surface area contributed by atoms with Crippen molar-refractivity contribution in [3.05, 3.63) is 22.0 Å². The molecule has 13 heavy (non-hydrogen) atoms. The fourth-order valence-corrected chi connectivity index (χ4v) is 2.19. The zero-order chi connectivity index (χ0) is 9.47. The van der Waals surface area contributed by atoms with Crippen molar-refractivity contribution in [2.24, 2.45) is 0 Å². The van der Waals surface area contributed by atoms with E-state index in [1.165, 1.54) is 0 Å². The number of nitrogens with zero attached hydrogens (tertiary/aromatic N) is 1. The molecule has 1 aromatic heterocycles. The molecule has 0 N–H and O–H groups in total. The van der Waals surface area contributed by atoms with Gasteiger partial charge in [-0.15, -0.1) is 11.3 Å². The van der Waals surface area contributed by atoms with Crippen LogP contribution >= 0.6 is 11.3 Å². The van der Waals surface area contributed by atoms with Crippen LogP contribution in [-0.2, 0) is 19.0 Å². The Morgan fingerprint density at radius 3 is 2.77 bits per heavy atom. The molecule has 0 fully saturated rings. The van der Waals surface area contributed by atoms with Crippen LogP contribution in [0.1, 0.15) is 22.0 Å². The average molecular weight is 205 g/mol. The fourth-order valence-electron chi connectivity index (χ4n) is 1.25. The minimum atomic E-state index is -4.29. The molecular formula is C8H6F3NS. The van der Waals surface area contributed by atoms with E-state index in [-0.39, 0.29) is 0 Å². The lowest BCUT2D eigenvalue weighted by Gasteiger charge is -2.06. The molecule has 0 atom stereocenters. The zero-order valence-corrected chi connectivity index (χ0v) is 7.43. The van der Waals surface area contributed by atoms with Gasteiger partial charge in [0.2, 0.25) is 0 Å². The highest BCUT2D eigenvalue weighted by Gasteiger charge is 2.36. The molecule has 2 rings (SSSR count). The summed E-state index contributed by atoms with van der Waals surface area (Å²) >= 11 is 0.766. The van der Waals surface area contributed by atoms with Crippen LogP contribution in [0, 0.1) is 6.42 Å². The molecule has 0 aliphatic heterocycles. The van der Waals surface area contributed by atoms with E-state index in [9.17, 15) is 13.2 Å². The number of aryl methyl sites for hydroxylation is 1. The molecule has 0 saturated heterocycles. The summed E-state index contributed by atoms with van der Waals surface area (Å²) in [5, 5.41) is -0.721. The Labute approximate surface area is 77.6 Å². The fraction of sp³-hybridized carbons (Fsp3) is 0.500. The predicted molar refractivity (Wildman–Crippen MR) is 42.4 cm³/mol. The molecule has 1 nitrogen and oxygen atoms in total. The Morgan fingerprint density at radius 1 is 1.38 bits per heavy atom. The summed E-state index contributed by atoms with van der Waals surface area (Å²) in [5.74, 6) is 0. The van der Waals surface area contributed by atoms with Crippen molar-refractivity contribution in [2.45, 2.75) is 25.4 Å². The maximum atomic E-state index is 12.2. The van der Waals surface area contributed by atoms with Gasteiger partial charge in [0.25, 0.3) is 0 Å². The second-order valence-corrected chi connectivity index (χ2v) is 3.90. The highest BCUT2D eigenvalue weighted by Crippen LogP contribution is 2.36. The van der Waals surface area contributed by atoms with Crippen LogP contribution in [0.5, 0.6) is 0 Å². The van der Waals surface area contributed by atoms with Crippen LogP contribution in [-0.4, -0.2) is 4.98 Å². The number of hydrogen-bond acceptors (Lipinski definition) is 2. The summed E-state index contributed by atoms with van der Waals surface area (Å²) in [5.41, 5.74) is 0.559. The summed E-state index contributed by atoms with van der Waals surface area (Å²) in [6, 6.07) is 0. The first-order chi connectivity index (χ1) is 6.07. The lowest BCUT2D eigenvalue weighted by Crippen LogP contribution is -2.04. The highest BCUT2D eigenvalue weighted by molar-refractivity contribution is 7.11. The third-order valence-electron chi connectivity index (χ3n) is 1.84. The molecular weight excluding hydrogens is 199 g/mol. The predicted octanol–water partition coefficient (Wildman–Crippen LogP) is 2.73. The van der Waals surface area contributed by atoms with Gasteiger partial charge in [-0.2, -0.15) is 13.2 Å². The number of alkyl halides is 3. The molecule has 1 aliphatic rings. The van der Waals surface area contributed by atoms with E-state index in [1.807, 2.05) is 0 Å². The maximum Gasteiger partial charge on any atom is 0.443 e. The van der Waals surface area contributed by atoms with Gasteiger partial charge in [0, 0.05) is 4.88 Å². The first-order valence-electron chi connectivity index (χ1n) is 3.84. The van der Waals surface area contributed by atoms with Gasteiger partial charge >= 0.3 is 6.18 Å². The van der Waals surface area contributed by atoms with Crippen molar-refractivity contribution in [3.8, 4) is 0 Å². The normalized spacial score (nSPS) is 17.2. The van der Waals surface area contributed by atoms with Crippen LogP contribution in [0.15, 0.2) is 0 Å². The van der Waals surface area contributed by atoms with Gasteiger partial charge in [0.15, 0.2) is 5.01 Å². The first-order valence-corrected chi connectivity index (χ1v) is 4.65. The van der Waals surface area contributed by atoms with E-state index in [1.54, 1.807) is 0 Å². The van der Waals surface area contributed by atoms with Crippen molar-refractivity contribution >= 4 is 11.3 Å². The van der Waals surface area contributed by atoms with Crippen molar-refractivity contribution in [1.29, 1.82) is 0 Å². The van der Waals surface area contributed by atoms with E-state index in [0.29, 0.717) is 18.5 Å². The van der Waals surface area contributed by atoms with Crippen molar-refractivity contribution in [3.63, 3.8) is 0 Å². The van der Waals surface area contributed by atoms with Crippen LogP contribution in [0.4, 0.5) is 13.2 Å². The Balaban J connectivity index is 2.36. The number of fused-ring (bicyclic) bond motifs is 1. The van der Waals surface area contributed by atoms with E-state index in [2.05, 4.69) is 11.4 Å². The van der Waals surface area contributed by atoms with Crippen molar-refractivity contribution in [1.82, 2.24) is 4.98 Å². The zero-order valence-electron chi connectivity index (χ0n) is 6.61. The van der Waals surface area contributed by atoms with E-state index >= 15 is 0 Å². The van der Waals surface area contributed by atoms with Gasteiger partial charge in [-0.25, -0.2) is 4.98 Å². The Bertz CT molecular complexity index is 292. The van der Waals surface area contributed by atoms with Crippen LogP contribution in [0.3, 0.4) is 0 Å². The average Bonchev–Trinajstić information content (AvgIpc) is 2.45. The second kappa shape index (κ2) is 2.97.